The van der Waals surface area contributed by atoms with Crippen molar-refractivity contribution in [1.82, 2.24) is 9.78 Å². The van der Waals surface area contributed by atoms with Gasteiger partial charge in [-0.1, -0.05) is 6.92 Å². The quantitative estimate of drug-likeness (QED) is 0.581. The Kier molecular flexibility index (Phi) is 4.47. The van der Waals surface area contributed by atoms with Gasteiger partial charge < -0.3 is 9.47 Å². The molecule has 0 bridgehead atoms. The smallest absolute Gasteiger partial charge is 0.308 e. The molecule has 0 saturated carbocycles. The summed E-state index contributed by atoms with van der Waals surface area (Å²) in [6, 6.07) is 0. The number of Topliss-reactive ketones (excluding diaryl/α,β-unsaturated/α-hetero) is 1. The summed E-state index contributed by atoms with van der Waals surface area (Å²) in [5.74, 6) is -0.638. The number of rotatable bonds is 5. The Labute approximate surface area is 106 Å². The van der Waals surface area contributed by atoms with E-state index in [4.69, 9.17) is 4.74 Å². The molecule has 1 atom stereocenters. The molecule has 0 aliphatic rings. The highest BCUT2D eigenvalue weighted by Gasteiger charge is 2.25. The fourth-order valence-electron chi connectivity index (χ4n) is 1.86. The van der Waals surface area contributed by atoms with Crippen LogP contribution in [0.2, 0.25) is 0 Å². The average molecular weight is 254 g/mol. The topological polar surface area (TPSA) is 70.4 Å². The van der Waals surface area contributed by atoms with Gasteiger partial charge >= 0.3 is 5.97 Å². The highest BCUT2D eigenvalue weighted by Crippen LogP contribution is 2.24. The summed E-state index contributed by atoms with van der Waals surface area (Å²) in [7, 11) is 4.49. The second-order valence-corrected chi connectivity index (χ2v) is 4.14. The van der Waals surface area contributed by atoms with Crippen LogP contribution in [0.4, 0.5) is 0 Å². The molecule has 100 valence electrons. The van der Waals surface area contributed by atoms with Gasteiger partial charge in [-0.15, -0.1) is 0 Å². The van der Waals surface area contributed by atoms with Crippen molar-refractivity contribution in [2.45, 2.75) is 20.3 Å². The molecular formula is C12H18N2O4. The van der Waals surface area contributed by atoms with E-state index in [2.05, 4.69) is 9.84 Å². The van der Waals surface area contributed by atoms with Crippen LogP contribution in [-0.2, 0) is 16.6 Å². The molecule has 1 unspecified atom stereocenters. The van der Waals surface area contributed by atoms with Gasteiger partial charge in [-0.05, 0) is 6.92 Å². The van der Waals surface area contributed by atoms with Crippen molar-refractivity contribution < 1.29 is 19.1 Å². The maximum Gasteiger partial charge on any atom is 0.308 e. The second-order valence-electron chi connectivity index (χ2n) is 4.14. The number of methoxy groups -OCH3 is 2. The number of ketones is 1. The molecule has 0 N–H and O–H groups in total. The fraction of sp³-hybridized carbons (Fsp3) is 0.583. The molecule has 1 heterocycles. The predicted molar refractivity (Wildman–Crippen MR) is 64.6 cm³/mol. The summed E-state index contributed by atoms with van der Waals surface area (Å²) in [4.78, 5) is 23.4. The van der Waals surface area contributed by atoms with Crippen molar-refractivity contribution >= 4 is 11.8 Å². The lowest BCUT2D eigenvalue weighted by Crippen LogP contribution is -2.17. The highest BCUT2D eigenvalue weighted by molar-refractivity contribution is 6.00. The Bertz CT molecular complexity index is 465. The van der Waals surface area contributed by atoms with E-state index in [9.17, 15) is 9.59 Å². The van der Waals surface area contributed by atoms with Gasteiger partial charge in [0.25, 0.3) is 0 Å². The van der Waals surface area contributed by atoms with Crippen LogP contribution in [0.25, 0.3) is 0 Å². The minimum absolute atomic E-state index is 0.0789. The number of hydrogen-bond acceptors (Lipinski definition) is 5. The molecule has 6 nitrogen and oxygen atoms in total. The van der Waals surface area contributed by atoms with Crippen LogP contribution < -0.4 is 4.74 Å². The SMILES string of the molecule is COC(=O)C(C)CC(=O)c1c(C)nn(C)c1OC. The number of carbonyl (C=O) groups excluding carboxylic acids is 2. The van der Waals surface area contributed by atoms with Crippen molar-refractivity contribution in [2.24, 2.45) is 13.0 Å². The Hall–Kier alpha value is -1.85. The van der Waals surface area contributed by atoms with Crippen molar-refractivity contribution in [3.63, 3.8) is 0 Å². The van der Waals surface area contributed by atoms with Gasteiger partial charge in [0.15, 0.2) is 5.78 Å². The Morgan fingerprint density at radius 2 is 2.00 bits per heavy atom. The van der Waals surface area contributed by atoms with E-state index in [1.165, 1.54) is 18.9 Å². The zero-order valence-corrected chi connectivity index (χ0v) is 11.3. The van der Waals surface area contributed by atoms with Crippen molar-refractivity contribution in [2.75, 3.05) is 14.2 Å². The normalized spacial score (nSPS) is 12.1. The van der Waals surface area contributed by atoms with Crippen molar-refractivity contribution in [1.29, 1.82) is 0 Å². The first-order valence-electron chi connectivity index (χ1n) is 5.61. The van der Waals surface area contributed by atoms with Gasteiger partial charge in [-0.3, -0.25) is 9.59 Å². The first kappa shape index (κ1) is 14.2. The number of aryl methyl sites for hydroxylation is 2. The standard InChI is InChI=1S/C12H18N2O4/c1-7(12(16)18-5)6-9(15)10-8(2)13-14(3)11(10)17-4/h7H,6H2,1-5H3. The van der Waals surface area contributed by atoms with Gasteiger partial charge in [-0.25, -0.2) is 4.68 Å². The third kappa shape index (κ3) is 2.69. The average Bonchev–Trinajstić information content (AvgIpc) is 2.61. The van der Waals surface area contributed by atoms with E-state index in [-0.39, 0.29) is 12.2 Å². The van der Waals surface area contributed by atoms with Gasteiger partial charge in [0.1, 0.15) is 5.56 Å². The van der Waals surface area contributed by atoms with Crippen LogP contribution in [0.5, 0.6) is 5.88 Å². The zero-order valence-electron chi connectivity index (χ0n) is 11.3. The van der Waals surface area contributed by atoms with E-state index >= 15 is 0 Å². The number of carbonyl (C=O) groups is 2. The van der Waals surface area contributed by atoms with Crippen molar-refractivity contribution in [3.8, 4) is 5.88 Å². The van der Waals surface area contributed by atoms with Crippen LogP contribution in [0, 0.1) is 12.8 Å². The lowest BCUT2D eigenvalue weighted by molar-refractivity contribution is -0.144. The minimum Gasteiger partial charge on any atom is -0.481 e. The highest BCUT2D eigenvalue weighted by atomic mass is 16.5. The molecule has 0 saturated heterocycles. The molecule has 6 heteroatoms. The van der Waals surface area contributed by atoms with Crippen molar-refractivity contribution in [3.05, 3.63) is 11.3 Å². The third-order valence-electron chi connectivity index (χ3n) is 2.74. The summed E-state index contributed by atoms with van der Waals surface area (Å²) in [5.41, 5.74) is 1.02. The number of esters is 1. The summed E-state index contributed by atoms with van der Waals surface area (Å²) in [6.07, 6.45) is 0.0789. The summed E-state index contributed by atoms with van der Waals surface area (Å²) < 4.78 is 11.3. The summed E-state index contributed by atoms with van der Waals surface area (Å²) >= 11 is 0. The van der Waals surface area contributed by atoms with Crippen LogP contribution in [-0.4, -0.2) is 35.8 Å². The van der Waals surface area contributed by atoms with Crippen LogP contribution in [0.15, 0.2) is 0 Å². The molecule has 0 fully saturated rings. The van der Waals surface area contributed by atoms with Gasteiger partial charge in [0.05, 0.1) is 25.8 Å². The lowest BCUT2D eigenvalue weighted by Gasteiger charge is -2.08. The van der Waals surface area contributed by atoms with E-state index in [1.807, 2.05) is 0 Å². The number of nitrogens with zero attached hydrogens (tertiary/aromatic N) is 2. The minimum atomic E-state index is -0.480. The monoisotopic (exact) mass is 254 g/mol. The first-order valence-corrected chi connectivity index (χ1v) is 5.61. The van der Waals surface area contributed by atoms with Crippen LogP contribution in [0.1, 0.15) is 29.4 Å². The first-order chi connectivity index (χ1) is 8.42. The summed E-state index contributed by atoms with van der Waals surface area (Å²) in [5, 5.41) is 4.13. The number of hydrogen-bond donors (Lipinski definition) is 0. The van der Waals surface area contributed by atoms with Crippen LogP contribution in [0.3, 0.4) is 0 Å². The molecule has 0 aliphatic heterocycles. The van der Waals surface area contributed by atoms with Gasteiger partial charge in [0.2, 0.25) is 5.88 Å². The Morgan fingerprint density at radius 3 is 2.50 bits per heavy atom. The second kappa shape index (κ2) is 5.66. The molecule has 0 spiro atoms. The number of ether oxygens (including phenoxy) is 2. The fourth-order valence-corrected chi connectivity index (χ4v) is 1.86. The molecule has 1 rings (SSSR count). The maximum atomic E-state index is 12.1. The molecule has 0 amide bonds. The lowest BCUT2D eigenvalue weighted by atomic mass is 10.00. The van der Waals surface area contributed by atoms with Gasteiger partial charge in [0, 0.05) is 13.5 Å². The molecule has 0 radical (unpaired) electrons. The molecule has 1 aromatic heterocycles. The van der Waals surface area contributed by atoms with Gasteiger partial charge in [-0.2, -0.15) is 5.10 Å². The largest absolute Gasteiger partial charge is 0.481 e. The number of aromatic nitrogens is 2. The zero-order chi connectivity index (χ0) is 13.9. The van der Waals surface area contributed by atoms with Crippen LogP contribution >= 0.6 is 0 Å². The Balaban J connectivity index is 2.94. The maximum absolute atomic E-state index is 12.1. The molecule has 1 aromatic rings. The van der Waals surface area contributed by atoms with E-state index < -0.39 is 11.9 Å². The van der Waals surface area contributed by atoms with E-state index in [1.54, 1.807) is 20.9 Å². The predicted octanol–water partition coefficient (Wildman–Crippen LogP) is 1.12. The molecule has 0 aromatic carbocycles. The van der Waals surface area contributed by atoms with E-state index in [0.717, 1.165) is 0 Å². The molecule has 18 heavy (non-hydrogen) atoms. The Morgan fingerprint density at radius 1 is 1.39 bits per heavy atom. The van der Waals surface area contributed by atoms with E-state index in [0.29, 0.717) is 17.1 Å². The third-order valence-corrected chi connectivity index (χ3v) is 2.74. The summed E-state index contributed by atoms with van der Waals surface area (Å²) in [6.45, 7) is 3.39. The molecular weight excluding hydrogens is 236 g/mol. The molecule has 0 aliphatic carbocycles.